The predicted octanol–water partition coefficient (Wildman–Crippen LogP) is 1.27. The highest BCUT2D eigenvalue weighted by molar-refractivity contribution is 7.92. The molecule has 0 unspecified atom stereocenters. The number of rotatable bonds is 7. The van der Waals surface area contributed by atoms with Crippen LogP contribution in [0.5, 0.6) is 5.75 Å². The molecule has 0 aliphatic carbocycles. The highest BCUT2D eigenvalue weighted by Gasteiger charge is 2.36. The first-order valence-electron chi connectivity index (χ1n) is 8.89. The van der Waals surface area contributed by atoms with Crippen molar-refractivity contribution < 1.29 is 17.9 Å². The maximum atomic E-state index is 11.4. The Bertz CT molecular complexity index is 756. The van der Waals surface area contributed by atoms with Crippen molar-refractivity contribution in [2.45, 2.75) is 18.4 Å². The lowest BCUT2D eigenvalue weighted by Gasteiger charge is -2.42. The Hall–Kier alpha value is -1.61. The summed E-state index contributed by atoms with van der Waals surface area (Å²) in [5.41, 5.74) is 6.59. The van der Waals surface area contributed by atoms with Gasteiger partial charge >= 0.3 is 0 Å². The zero-order chi connectivity index (χ0) is 18.6. The molecule has 3 rings (SSSR count). The van der Waals surface area contributed by atoms with Gasteiger partial charge in [-0.25, -0.2) is 8.42 Å². The number of anilines is 1. The first kappa shape index (κ1) is 19.2. The van der Waals surface area contributed by atoms with Gasteiger partial charge in [-0.2, -0.15) is 0 Å². The van der Waals surface area contributed by atoms with Gasteiger partial charge in [-0.15, -0.1) is 0 Å². The normalized spacial score (nSPS) is 19.2. The van der Waals surface area contributed by atoms with Gasteiger partial charge in [0.15, 0.2) is 0 Å². The Morgan fingerprint density at radius 1 is 1.31 bits per heavy atom. The molecule has 1 aromatic carbocycles. The maximum Gasteiger partial charge on any atom is 0.229 e. The molecule has 0 atom stereocenters. The number of sulfonamides is 1. The molecule has 1 spiro atoms. The molecule has 144 valence electrons. The van der Waals surface area contributed by atoms with Gasteiger partial charge in [0.1, 0.15) is 11.4 Å². The first-order chi connectivity index (χ1) is 12.4. The minimum atomic E-state index is -3.29. The van der Waals surface area contributed by atoms with Crippen LogP contribution in [0.1, 0.15) is 18.4 Å². The lowest BCUT2D eigenvalue weighted by Crippen LogP contribution is -2.48. The van der Waals surface area contributed by atoms with Crippen molar-refractivity contribution in [3.05, 3.63) is 29.8 Å². The van der Waals surface area contributed by atoms with E-state index in [2.05, 4.69) is 15.7 Å². The lowest BCUT2D eigenvalue weighted by atomic mass is 9.88. The third-order valence-electron chi connectivity index (χ3n) is 4.71. The fourth-order valence-electron chi connectivity index (χ4n) is 3.35. The summed E-state index contributed by atoms with van der Waals surface area (Å²) in [6.45, 7) is 4.70. The third-order valence-corrected chi connectivity index (χ3v) is 5.32. The summed E-state index contributed by atoms with van der Waals surface area (Å²) in [5, 5.41) is 0. The van der Waals surface area contributed by atoms with Crippen molar-refractivity contribution in [3.8, 4) is 5.75 Å². The molecule has 1 aromatic rings. The van der Waals surface area contributed by atoms with Gasteiger partial charge in [0.25, 0.3) is 0 Å². The summed E-state index contributed by atoms with van der Waals surface area (Å²) in [4.78, 5) is 2.38. The summed E-state index contributed by atoms with van der Waals surface area (Å²) in [6, 6.07) is 5.36. The van der Waals surface area contributed by atoms with Crippen molar-refractivity contribution in [2.75, 3.05) is 50.4 Å². The summed E-state index contributed by atoms with van der Waals surface area (Å²) < 4.78 is 37.0. The minimum absolute atomic E-state index is 0.270. The van der Waals surface area contributed by atoms with Gasteiger partial charge in [-0.05, 0) is 24.3 Å². The molecule has 3 N–H and O–H groups in total. The van der Waals surface area contributed by atoms with E-state index in [0.717, 1.165) is 50.0 Å². The van der Waals surface area contributed by atoms with Gasteiger partial charge in [-0.3, -0.25) is 4.72 Å². The average Bonchev–Trinajstić information content (AvgIpc) is 2.59. The van der Waals surface area contributed by atoms with Gasteiger partial charge in [-0.1, -0.05) is 6.08 Å². The van der Waals surface area contributed by atoms with E-state index >= 15 is 0 Å². The number of nitrogens with zero attached hydrogens (tertiary/aromatic N) is 1. The fraction of sp³-hybridized carbons (Fsp3) is 0.556. The number of ether oxygens (including phenoxy) is 2. The van der Waals surface area contributed by atoms with E-state index in [1.807, 2.05) is 12.1 Å². The fourth-order valence-corrected chi connectivity index (χ4v) is 3.90. The summed E-state index contributed by atoms with van der Waals surface area (Å²) in [6.07, 6.45) is 7.13. The van der Waals surface area contributed by atoms with Gasteiger partial charge in [0.2, 0.25) is 10.0 Å². The van der Waals surface area contributed by atoms with Crippen LogP contribution in [-0.2, 0) is 14.8 Å². The highest BCUT2D eigenvalue weighted by Crippen LogP contribution is 2.38. The average molecular weight is 381 g/mol. The maximum absolute atomic E-state index is 11.4. The Morgan fingerprint density at radius 3 is 2.77 bits per heavy atom. The SMILES string of the molecule is CS(=O)(=O)Nc1ccc2c(c1)C=CC1(CCN(CCOCCN)CC1)O2. The molecule has 1 saturated heterocycles. The Labute approximate surface area is 155 Å². The molecule has 0 saturated carbocycles. The topological polar surface area (TPSA) is 93.9 Å². The second-order valence-corrected chi connectivity index (χ2v) is 8.62. The number of hydrogen-bond acceptors (Lipinski definition) is 6. The molecule has 0 radical (unpaired) electrons. The molecular weight excluding hydrogens is 354 g/mol. The third kappa shape index (κ3) is 4.97. The minimum Gasteiger partial charge on any atom is -0.482 e. The number of nitrogens with two attached hydrogens (primary N) is 1. The van der Waals surface area contributed by atoms with Crippen LogP contribution in [0.25, 0.3) is 6.08 Å². The van der Waals surface area contributed by atoms with Gasteiger partial charge in [0.05, 0.1) is 19.5 Å². The van der Waals surface area contributed by atoms with Crippen LogP contribution in [0.4, 0.5) is 5.69 Å². The van der Waals surface area contributed by atoms with Crippen LogP contribution in [0.2, 0.25) is 0 Å². The summed E-state index contributed by atoms with van der Waals surface area (Å²) in [5.74, 6) is 0.797. The zero-order valence-corrected chi connectivity index (χ0v) is 15.9. The predicted molar refractivity (Wildman–Crippen MR) is 103 cm³/mol. The van der Waals surface area contributed by atoms with E-state index in [4.69, 9.17) is 15.2 Å². The first-order valence-corrected chi connectivity index (χ1v) is 10.8. The lowest BCUT2D eigenvalue weighted by molar-refractivity contribution is 0.0258. The number of piperidine rings is 1. The molecule has 8 heteroatoms. The van der Waals surface area contributed by atoms with Crippen molar-refractivity contribution in [1.29, 1.82) is 0 Å². The zero-order valence-electron chi connectivity index (χ0n) is 15.1. The molecule has 0 aromatic heterocycles. The molecule has 26 heavy (non-hydrogen) atoms. The van der Waals surface area contributed by atoms with Gasteiger partial charge in [0, 0.05) is 50.3 Å². The largest absolute Gasteiger partial charge is 0.482 e. The molecule has 2 heterocycles. The van der Waals surface area contributed by atoms with Crippen LogP contribution in [-0.4, -0.2) is 64.6 Å². The van der Waals surface area contributed by atoms with E-state index < -0.39 is 10.0 Å². The monoisotopic (exact) mass is 381 g/mol. The van der Waals surface area contributed by atoms with Crippen LogP contribution >= 0.6 is 0 Å². The number of likely N-dealkylation sites (tertiary alicyclic amines) is 1. The van der Waals surface area contributed by atoms with Crippen LogP contribution in [0.15, 0.2) is 24.3 Å². The summed E-state index contributed by atoms with van der Waals surface area (Å²) in [7, 11) is -3.29. The quantitative estimate of drug-likeness (QED) is 0.691. The van der Waals surface area contributed by atoms with Crippen molar-refractivity contribution in [2.24, 2.45) is 5.73 Å². The second-order valence-electron chi connectivity index (χ2n) is 6.87. The van der Waals surface area contributed by atoms with Crippen molar-refractivity contribution in [3.63, 3.8) is 0 Å². The summed E-state index contributed by atoms with van der Waals surface area (Å²) >= 11 is 0. The molecule has 0 bridgehead atoms. The van der Waals surface area contributed by atoms with Crippen LogP contribution in [0.3, 0.4) is 0 Å². The highest BCUT2D eigenvalue weighted by atomic mass is 32.2. The Kier molecular flexibility index (Phi) is 5.86. The molecule has 1 fully saturated rings. The number of benzene rings is 1. The number of nitrogens with one attached hydrogen (secondary N) is 1. The standard InChI is InChI=1S/C18H27N3O4S/c1-26(22,23)20-16-2-3-17-15(14-16)4-5-18(25-17)6-9-21(10-7-18)11-13-24-12-8-19/h2-5,14,20H,6-13,19H2,1H3. The molecule has 2 aliphatic rings. The number of fused-ring (bicyclic) bond motifs is 1. The van der Waals surface area contributed by atoms with E-state index in [0.29, 0.717) is 25.4 Å². The van der Waals surface area contributed by atoms with Gasteiger partial charge < -0.3 is 20.1 Å². The van der Waals surface area contributed by atoms with Crippen LogP contribution < -0.4 is 15.2 Å². The van der Waals surface area contributed by atoms with E-state index in [1.165, 1.54) is 0 Å². The Balaban J connectivity index is 1.58. The molecule has 2 aliphatic heterocycles. The van der Waals surface area contributed by atoms with E-state index in [9.17, 15) is 8.42 Å². The van der Waals surface area contributed by atoms with Crippen molar-refractivity contribution in [1.82, 2.24) is 4.90 Å². The Morgan fingerprint density at radius 2 is 2.08 bits per heavy atom. The molecular formula is C18H27N3O4S. The van der Waals surface area contributed by atoms with Crippen molar-refractivity contribution >= 4 is 21.8 Å². The van der Waals surface area contributed by atoms with E-state index in [1.54, 1.807) is 12.1 Å². The number of hydrogen-bond donors (Lipinski definition) is 2. The van der Waals surface area contributed by atoms with Crippen LogP contribution in [0, 0.1) is 0 Å². The molecule has 7 nitrogen and oxygen atoms in total. The molecule has 0 amide bonds. The second kappa shape index (κ2) is 7.96. The van der Waals surface area contributed by atoms with E-state index in [-0.39, 0.29) is 5.60 Å². The smallest absolute Gasteiger partial charge is 0.229 e.